The number of hydrogen-bond acceptors (Lipinski definition) is 2. The van der Waals surface area contributed by atoms with Crippen molar-refractivity contribution in [2.75, 3.05) is 0 Å². The van der Waals surface area contributed by atoms with Crippen LogP contribution >= 0.6 is 15.9 Å². The molecule has 1 N–H and O–H groups in total. The van der Waals surface area contributed by atoms with E-state index < -0.39 is 0 Å². The molecule has 0 unspecified atom stereocenters. The number of halogens is 1. The first-order valence-electron chi connectivity index (χ1n) is 8.24. The minimum Gasteiger partial charge on any atom is -0.345 e. The molecular formula is C20H20BrN3O. The maximum atomic E-state index is 12.1. The predicted molar refractivity (Wildman–Crippen MR) is 105 cm³/mol. The molecule has 0 aliphatic rings. The molecule has 25 heavy (non-hydrogen) atoms. The van der Waals surface area contributed by atoms with Gasteiger partial charge in [-0.3, -0.25) is 4.79 Å². The number of fused-ring (bicyclic) bond motifs is 1. The highest BCUT2D eigenvalue weighted by atomic mass is 79.9. The van der Waals surface area contributed by atoms with Gasteiger partial charge in [-0.1, -0.05) is 40.2 Å². The van der Waals surface area contributed by atoms with Crippen LogP contribution < -0.4 is 5.32 Å². The lowest BCUT2D eigenvalue weighted by atomic mass is 10.1. The molecule has 1 aromatic heterocycles. The van der Waals surface area contributed by atoms with E-state index >= 15 is 0 Å². The van der Waals surface area contributed by atoms with Gasteiger partial charge in [0, 0.05) is 17.1 Å². The lowest BCUT2D eigenvalue weighted by Crippen LogP contribution is -2.22. The average molecular weight is 398 g/mol. The first-order chi connectivity index (χ1) is 12.1. The number of amides is 1. The molecule has 128 valence electrons. The molecule has 3 aromatic rings. The average Bonchev–Trinajstić information content (AvgIpc) is 2.96. The number of rotatable bonds is 5. The fraction of sp³-hybridized carbons (Fsp3) is 0.200. The van der Waals surface area contributed by atoms with Gasteiger partial charge < -0.3 is 9.88 Å². The number of nitrogens with zero attached hydrogens (tertiary/aromatic N) is 2. The summed E-state index contributed by atoms with van der Waals surface area (Å²) in [6.07, 6.45) is 3.36. The van der Waals surface area contributed by atoms with Gasteiger partial charge in [0.15, 0.2) is 0 Å². The minimum atomic E-state index is -0.137. The van der Waals surface area contributed by atoms with Gasteiger partial charge in [0.2, 0.25) is 5.91 Å². The Morgan fingerprint density at radius 1 is 1.28 bits per heavy atom. The van der Waals surface area contributed by atoms with Gasteiger partial charge in [0.25, 0.3) is 0 Å². The van der Waals surface area contributed by atoms with Gasteiger partial charge >= 0.3 is 0 Å². The Bertz CT molecular complexity index is 943. The van der Waals surface area contributed by atoms with E-state index in [0.29, 0.717) is 6.54 Å². The minimum absolute atomic E-state index is 0.137. The zero-order chi connectivity index (χ0) is 17.8. The molecule has 3 rings (SSSR count). The third kappa shape index (κ3) is 3.99. The zero-order valence-corrected chi connectivity index (χ0v) is 15.9. The van der Waals surface area contributed by atoms with Gasteiger partial charge in [-0.25, -0.2) is 4.98 Å². The van der Waals surface area contributed by atoms with E-state index in [1.807, 2.05) is 55.5 Å². The third-order valence-electron chi connectivity index (χ3n) is 4.04. The Kier molecular flexibility index (Phi) is 5.34. The van der Waals surface area contributed by atoms with Crippen LogP contribution in [-0.2, 0) is 17.9 Å². The number of imidazole rings is 1. The molecule has 4 nitrogen and oxygen atoms in total. The monoisotopic (exact) mass is 397 g/mol. The van der Waals surface area contributed by atoms with Crippen LogP contribution in [0.1, 0.15) is 23.9 Å². The maximum Gasteiger partial charge on any atom is 0.244 e. The van der Waals surface area contributed by atoms with Crippen molar-refractivity contribution in [1.29, 1.82) is 0 Å². The van der Waals surface area contributed by atoms with E-state index in [0.717, 1.165) is 33.4 Å². The summed E-state index contributed by atoms with van der Waals surface area (Å²) in [5.41, 5.74) is 4.19. The molecule has 0 aliphatic heterocycles. The summed E-state index contributed by atoms with van der Waals surface area (Å²) in [6, 6.07) is 14.0. The van der Waals surface area contributed by atoms with E-state index in [1.165, 1.54) is 5.56 Å². The Hall–Kier alpha value is -2.40. The topological polar surface area (TPSA) is 46.9 Å². The molecule has 0 saturated carbocycles. The smallest absolute Gasteiger partial charge is 0.244 e. The van der Waals surface area contributed by atoms with Crippen LogP contribution in [0.3, 0.4) is 0 Å². The van der Waals surface area contributed by atoms with E-state index in [2.05, 4.69) is 37.7 Å². The largest absolute Gasteiger partial charge is 0.345 e. The summed E-state index contributed by atoms with van der Waals surface area (Å²) >= 11 is 3.52. The third-order valence-corrected chi connectivity index (χ3v) is 4.73. The number of hydrogen-bond donors (Lipinski definition) is 1. The normalized spacial score (nSPS) is 11.3. The van der Waals surface area contributed by atoms with Crippen molar-refractivity contribution in [2.45, 2.75) is 26.9 Å². The van der Waals surface area contributed by atoms with E-state index in [1.54, 1.807) is 6.08 Å². The summed E-state index contributed by atoms with van der Waals surface area (Å²) in [5.74, 6) is 0.726. The number of carbonyl (C=O) groups is 1. The molecule has 0 radical (unpaired) electrons. The van der Waals surface area contributed by atoms with Gasteiger partial charge in [0.1, 0.15) is 5.82 Å². The lowest BCUT2D eigenvalue weighted by Gasteiger charge is -2.06. The van der Waals surface area contributed by atoms with Gasteiger partial charge in [-0.15, -0.1) is 0 Å². The van der Waals surface area contributed by atoms with Crippen LogP contribution in [0.4, 0.5) is 0 Å². The quantitative estimate of drug-likeness (QED) is 0.646. The summed E-state index contributed by atoms with van der Waals surface area (Å²) < 4.78 is 3.10. The van der Waals surface area contributed by atoms with Crippen LogP contribution in [0, 0.1) is 6.92 Å². The summed E-state index contributed by atoms with van der Waals surface area (Å²) in [7, 11) is 0. The molecule has 0 spiro atoms. The highest BCUT2D eigenvalue weighted by Crippen LogP contribution is 2.19. The highest BCUT2D eigenvalue weighted by Gasteiger charge is 2.09. The van der Waals surface area contributed by atoms with Crippen LogP contribution in [0.5, 0.6) is 0 Å². The SMILES string of the molecule is CCn1c(CNC(=O)/C=C/c2ccc(C)cc2Br)nc2ccccc21. The number of para-hydroxylation sites is 2. The van der Waals surface area contributed by atoms with Crippen molar-refractivity contribution in [1.82, 2.24) is 14.9 Å². The summed E-state index contributed by atoms with van der Waals surface area (Å²) in [5, 5.41) is 2.91. The van der Waals surface area contributed by atoms with Gasteiger partial charge in [0.05, 0.1) is 17.6 Å². The molecule has 2 aromatic carbocycles. The molecule has 0 bridgehead atoms. The fourth-order valence-corrected chi connectivity index (χ4v) is 3.40. The number of aryl methyl sites for hydroxylation is 2. The molecule has 1 heterocycles. The van der Waals surface area contributed by atoms with Crippen molar-refractivity contribution in [3.05, 3.63) is 70.0 Å². The second-order valence-corrected chi connectivity index (χ2v) is 6.69. The Morgan fingerprint density at radius 2 is 2.08 bits per heavy atom. The Balaban J connectivity index is 1.69. The molecule has 1 amide bonds. The van der Waals surface area contributed by atoms with Crippen molar-refractivity contribution in [3.63, 3.8) is 0 Å². The number of aromatic nitrogens is 2. The summed E-state index contributed by atoms with van der Waals surface area (Å²) in [6.45, 7) is 5.33. The number of benzene rings is 2. The van der Waals surface area contributed by atoms with E-state index in [9.17, 15) is 4.79 Å². The molecule has 5 heteroatoms. The maximum absolute atomic E-state index is 12.1. The van der Waals surface area contributed by atoms with E-state index in [4.69, 9.17) is 0 Å². The van der Waals surface area contributed by atoms with Crippen molar-refractivity contribution in [2.24, 2.45) is 0 Å². The van der Waals surface area contributed by atoms with Crippen LogP contribution in [-0.4, -0.2) is 15.5 Å². The molecule has 0 saturated heterocycles. The Morgan fingerprint density at radius 3 is 2.84 bits per heavy atom. The summed E-state index contributed by atoms with van der Waals surface area (Å²) in [4.78, 5) is 16.7. The standard InChI is InChI=1S/C20H20BrN3O/c1-3-24-18-7-5-4-6-17(18)23-19(24)13-22-20(25)11-10-15-9-8-14(2)12-16(15)21/h4-12H,3,13H2,1-2H3,(H,22,25)/b11-10+. The molecular weight excluding hydrogens is 378 g/mol. The van der Waals surface area contributed by atoms with Crippen LogP contribution in [0.2, 0.25) is 0 Å². The highest BCUT2D eigenvalue weighted by molar-refractivity contribution is 9.10. The van der Waals surface area contributed by atoms with Crippen LogP contribution in [0.15, 0.2) is 53.0 Å². The Labute approximate surface area is 155 Å². The first-order valence-corrected chi connectivity index (χ1v) is 9.04. The zero-order valence-electron chi connectivity index (χ0n) is 14.3. The first kappa shape index (κ1) is 17.4. The number of carbonyl (C=O) groups excluding carboxylic acids is 1. The van der Waals surface area contributed by atoms with Crippen molar-refractivity contribution in [3.8, 4) is 0 Å². The molecule has 0 aliphatic carbocycles. The lowest BCUT2D eigenvalue weighted by molar-refractivity contribution is -0.116. The second-order valence-electron chi connectivity index (χ2n) is 5.84. The fourth-order valence-electron chi connectivity index (χ4n) is 2.77. The number of nitrogens with one attached hydrogen (secondary N) is 1. The predicted octanol–water partition coefficient (Wildman–Crippen LogP) is 4.46. The van der Waals surface area contributed by atoms with Gasteiger partial charge in [-0.2, -0.15) is 0 Å². The second kappa shape index (κ2) is 7.66. The molecule has 0 fully saturated rings. The van der Waals surface area contributed by atoms with Crippen molar-refractivity contribution < 1.29 is 4.79 Å². The van der Waals surface area contributed by atoms with Crippen molar-refractivity contribution >= 4 is 38.9 Å². The van der Waals surface area contributed by atoms with E-state index in [-0.39, 0.29) is 5.91 Å². The van der Waals surface area contributed by atoms with Crippen LogP contribution in [0.25, 0.3) is 17.1 Å². The van der Waals surface area contributed by atoms with Gasteiger partial charge in [-0.05, 0) is 49.2 Å². The molecule has 0 atom stereocenters.